The summed E-state index contributed by atoms with van der Waals surface area (Å²) in [6.45, 7) is 5.37. The van der Waals surface area contributed by atoms with E-state index in [-0.39, 0.29) is 18.0 Å². The molecule has 2 N–H and O–H groups in total. The maximum Gasteiger partial charge on any atom is 0.322 e. The van der Waals surface area contributed by atoms with E-state index in [0.717, 1.165) is 24.2 Å². The standard InChI is InChI=1S/C15H21N3O2/c1-10(2)16-15(20)18(14-8-9-14)13-6-4-12(5-7-13)17-11(3)19/h4-7,10,14H,8-9H2,1-3H3,(H,16,20)(H,17,19). The average molecular weight is 275 g/mol. The lowest BCUT2D eigenvalue weighted by atomic mass is 10.2. The zero-order chi connectivity index (χ0) is 14.7. The fourth-order valence-electron chi connectivity index (χ4n) is 2.05. The van der Waals surface area contributed by atoms with Gasteiger partial charge in [0.1, 0.15) is 0 Å². The number of anilines is 2. The van der Waals surface area contributed by atoms with Crippen molar-refractivity contribution in [3.05, 3.63) is 24.3 Å². The number of amides is 3. The molecule has 0 radical (unpaired) electrons. The molecule has 0 aromatic heterocycles. The molecule has 3 amide bonds. The zero-order valence-corrected chi connectivity index (χ0v) is 12.1. The third kappa shape index (κ3) is 3.73. The quantitative estimate of drug-likeness (QED) is 0.887. The molecule has 2 rings (SSSR count). The second kappa shape index (κ2) is 5.94. The van der Waals surface area contributed by atoms with E-state index < -0.39 is 0 Å². The molecule has 1 aliphatic rings. The molecule has 1 saturated carbocycles. The first-order valence-corrected chi connectivity index (χ1v) is 6.94. The molecule has 1 fully saturated rings. The summed E-state index contributed by atoms with van der Waals surface area (Å²) in [5.41, 5.74) is 1.60. The Morgan fingerprint density at radius 3 is 2.25 bits per heavy atom. The minimum atomic E-state index is -0.102. The van der Waals surface area contributed by atoms with E-state index in [4.69, 9.17) is 0 Å². The van der Waals surface area contributed by atoms with Gasteiger partial charge in [0.2, 0.25) is 5.91 Å². The molecule has 1 aromatic rings. The van der Waals surface area contributed by atoms with Crippen LogP contribution in [0.2, 0.25) is 0 Å². The lowest BCUT2D eigenvalue weighted by molar-refractivity contribution is -0.114. The highest BCUT2D eigenvalue weighted by Gasteiger charge is 2.33. The Bertz CT molecular complexity index is 492. The Hall–Kier alpha value is -2.04. The topological polar surface area (TPSA) is 61.4 Å². The van der Waals surface area contributed by atoms with Crippen LogP contribution in [0.4, 0.5) is 16.2 Å². The summed E-state index contributed by atoms with van der Waals surface area (Å²) >= 11 is 0. The molecule has 0 saturated heterocycles. The molecule has 1 aliphatic carbocycles. The molecular formula is C15H21N3O2. The smallest absolute Gasteiger partial charge is 0.322 e. The van der Waals surface area contributed by atoms with Gasteiger partial charge in [0, 0.05) is 30.4 Å². The summed E-state index contributed by atoms with van der Waals surface area (Å²) in [6.07, 6.45) is 2.08. The molecule has 0 spiro atoms. The van der Waals surface area contributed by atoms with Gasteiger partial charge >= 0.3 is 6.03 Å². The lowest BCUT2D eigenvalue weighted by Gasteiger charge is -2.24. The van der Waals surface area contributed by atoms with Gasteiger partial charge < -0.3 is 10.6 Å². The molecule has 5 nitrogen and oxygen atoms in total. The van der Waals surface area contributed by atoms with Crippen LogP contribution in [-0.4, -0.2) is 24.0 Å². The maximum atomic E-state index is 12.2. The van der Waals surface area contributed by atoms with E-state index in [1.54, 1.807) is 4.90 Å². The number of benzene rings is 1. The second-order valence-corrected chi connectivity index (χ2v) is 5.43. The van der Waals surface area contributed by atoms with Crippen molar-refractivity contribution >= 4 is 23.3 Å². The molecule has 20 heavy (non-hydrogen) atoms. The van der Waals surface area contributed by atoms with E-state index in [2.05, 4.69) is 10.6 Å². The lowest BCUT2D eigenvalue weighted by Crippen LogP contribution is -2.44. The summed E-state index contributed by atoms with van der Waals surface area (Å²) < 4.78 is 0. The molecule has 0 unspecified atom stereocenters. The SMILES string of the molecule is CC(=O)Nc1ccc(N(C(=O)NC(C)C)C2CC2)cc1. The highest BCUT2D eigenvalue weighted by atomic mass is 16.2. The Balaban J connectivity index is 2.13. The van der Waals surface area contributed by atoms with Gasteiger partial charge in [0.25, 0.3) is 0 Å². The molecule has 5 heteroatoms. The molecule has 0 aliphatic heterocycles. The number of carbonyl (C=O) groups is 2. The van der Waals surface area contributed by atoms with Crippen molar-refractivity contribution in [2.75, 3.05) is 10.2 Å². The number of hydrogen-bond donors (Lipinski definition) is 2. The minimum absolute atomic E-state index is 0.0604. The van der Waals surface area contributed by atoms with Crippen LogP contribution in [0, 0.1) is 0 Å². The summed E-state index contributed by atoms with van der Waals surface area (Å²) in [5.74, 6) is -0.102. The Kier molecular flexibility index (Phi) is 4.27. The van der Waals surface area contributed by atoms with Gasteiger partial charge in [0.05, 0.1) is 0 Å². The van der Waals surface area contributed by atoms with Gasteiger partial charge in [-0.05, 0) is 51.0 Å². The van der Waals surface area contributed by atoms with Crippen molar-refractivity contribution in [2.24, 2.45) is 0 Å². The maximum absolute atomic E-state index is 12.2. The van der Waals surface area contributed by atoms with Crippen LogP contribution in [0.3, 0.4) is 0 Å². The van der Waals surface area contributed by atoms with Gasteiger partial charge in [0.15, 0.2) is 0 Å². The van der Waals surface area contributed by atoms with Gasteiger partial charge in [-0.2, -0.15) is 0 Å². The van der Waals surface area contributed by atoms with E-state index in [1.807, 2.05) is 38.1 Å². The molecule has 0 atom stereocenters. The van der Waals surface area contributed by atoms with Crippen LogP contribution in [0.1, 0.15) is 33.6 Å². The fourth-order valence-corrected chi connectivity index (χ4v) is 2.05. The Morgan fingerprint density at radius 2 is 1.80 bits per heavy atom. The normalized spacial score (nSPS) is 14.0. The minimum Gasteiger partial charge on any atom is -0.336 e. The first-order valence-electron chi connectivity index (χ1n) is 6.94. The van der Waals surface area contributed by atoms with Crippen LogP contribution in [0.5, 0.6) is 0 Å². The van der Waals surface area contributed by atoms with Crippen molar-refractivity contribution in [1.29, 1.82) is 0 Å². The summed E-state index contributed by atoms with van der Waals surface area (Å²) in [4.78, 5) is 25.0. The number of rotatable bonds is 4. The first kappa shape index (κ1) is 14.4. The molecule has 1 aromatic carbocycles. The number of urea groups is 1. The predicted octanol–water partition coefficient (Wildman–Crippen LogP) is 2.73. The van der Waals surface area contributed by atoms with Crippen molar-refractivity contribution in [3.63, 3.8) is 0 Å². The highest BCUT2D eigenvalue weighted by molar-refractivity contribution is 5.94. The van der Waals surface area contributed by atoms with Gasteiger partial charge in [-0.25, -0.2) is 4.79 Å². The largest absolute Gasteiger partial charge is 0.336 e. The van der Waals surface area contributed by atoms with Crippen LogP contribution in [0.15, 0.2) is 24.3 Å². The van der Waals surface area contributed by atoms with Crippen LogP contribution in [0.25, 0.3) is 0 Å². The van der Waals surface area contributed by atoms with Crippen molar-refractivity contribution in [1.82, 2.24) is 5.32 Å². The van der Waals surface area contributed by atoms with Crippen LogP contribution >= 0.6 is 0 Å². The second-order valence-electron chi connectivity index (χ2n) is 5.43. The van der Waals surface area contributed by atoms with E-state index in [0.29, 0.717) is 6.04 Å². The summed E-state index contributed by atoms with van der Waals surface area (Å²) in [5, 5.41) is 5.65. The molecule has 0 heterocycles. The molecule has 108 valence electrons. The Labute approximate surface area is 119 Å². The van der Waals surface area contributed by atoms with Crippen LogP contribution in [-0.2, 0) is 4.79 Å². The van der Waals surface area contributed by atoms with E-state index in [1.165, 1.54) is 6.92 Å². The number of carbonyl (C=O) groups excluding carboxylic acids is 2. The third-order valence-electron chi connectivity index (χ3n) is 3.01. The Morgan fingerprint density at radius 1 is 1.20 bits per heavy atom. The van der Waals surface area contributed by atoms with Crippen molar-refractivity contribution < 1.29 is 9.59 Å². The van der Waals surface area contributed by atoms with E-state index >= 15 is 0 Å². The summed E-state index contributed by atoms with van der Waals surface area (Å²) in [7, 11) is 0. The number of nitrogens with one attached hydrogen (secondary N) is 2. The van der Waals surface area contributed by atoms with Gasteiger partial charge in [-0.15, -0.1) is 0 Å². The molecule has 0 bridgehead atoms. The molecular weight excluding hydrogens is 254 g/mol. The van der Waals surface area contributed by atoms with Crippen molar-refractivity contribution in [3.8, 4) is 0 Å². The third-order valence-corrected chi connectivity index (χ3v) is 3.01. The monoisotopic (exact) mass is 275 g/mol. The van der Waals surface area contributed by atoms with Crippen molar-refractivity contribution in [2.45, 2.75) is 45.7 Å². The zero-order valence-electron chi connectivity index (χ0n) is 12.1. The number of hydrogen-bond acceptors (Lipinski definition) is 2. The first-order chi connectivity index (χ1) is 9.47. The predicted molar refractivity (Wildman–Crippen MR) is 79.9 cm³/mol. The average Bonchev–Trinajstić information content (AvgIpc) is 3.14. The highest BCUT2D eigenvalue weighted by Crippen LogP contribution is 2.32. The number of nitrogens with zero attached hydrogens (tertiary/aromatic N) is 1. The van der Waals surface area contributed by atoms with Gasteiger partial charge in [-0.3, -0.25) is 9.69 Å². The van der Waals surface area contributed by atoms with E-state index in [9.17, 15) is 9.59 Å². The van der Waals surface area contributed by atoms with Gasteiger partial charge in [-0.1, -0.05) is 0 Å². The van der Waals surface area contributed by atoms with Crippen LogP contribution < -0.4 is 15.5 Å². The fraction of sp³-hybridized carbons (Fsp3) is 0.467. The summed E-state index contributed by atoms with van der Waals surface area (Å²) in [6, 6.07) is 7.70.